The molecule has 1 aliphatic rings. The fourth-order valence-corrected chi connectivity index (χ4v) is 4.53. The van der Waals surface area contributed by atoms with Crippen LogP contribution in [0.4, 0.5) is 0 Å². The first kappa shape index (κ1) is 20.2. The topological polar surface area (TPSA) is 88.9 Å². The zero-order chi connectivity index (χ0) is 22.5. The molecule has 164 valence electrons. The van der Waals surface area contributed by atoms with Crippen LogP contribution in [-0.2, 0) is 5.54 Å². The molecule has 0 saturated carbocycles. The van der Waals surface area contributed by atoms with Crippen LogP contribution >= 0.6 is 0 Å². The first-order valence-electron chi connectivity index (χ1n) is 10.7. The van der Waals surface area contributed by atoms with E-state index in [1.165, 1.54) is 15.9 Å². The van der Waals surface area contributed by atoms with Crippen LogP contribution in [0.15, 0.2) is 42.7 Å². The molecule has 1 saturated heterocycles. The predicted molar refractivity (Wildman–Crippen MR) is 121 cm³/mol. The average Bonchev–Trinajstić information content (AvgIpc) is 3.53. The number of methoxy groups -OCH3 is 1. The van der Waals surface area contributed by atoms with Crippen molar-refractivity contribution < 1.29 is 9.53 Å². The number of imidazole rings is 1. The smallest absolute Gasteiger partial charge is 0.257 e. The number of benzene rings is 2. The lowest BCUT2D eigenvalue weighted by molar-refractivity contribution is 0.0605. The van der Waals surface area contributed by atoms with Crippen LogP contribution in [0.1, 0.15) is 47.1 Å². The van der Waals surface area contributed by atoms with E-state index in [2.05, 4.69) is 48.1 Å². The summed E-state index contributed by atoms with van der Waals surface area (Å²) in [5, 5.41) is 8.45. The molecular weight excluding hydrogens is 404 g/mol. The van der Waals surface area contributed by atoms with Crippen LogP contribution < -0.4 is 4.74 Å². The molecule has 0 spiro atoms. The molecule has 0 aliphatic carbocycles. The first-order chi connectivity index (χ1) is 15.4. The summed E-state index contributed by atoms with van der Waals surface area (Å²) in [5.41, 5.74) is 4.90. The SMILES string of the molecule is COc1ccc(-n2nccn2)c(C(=O)N2CCC[C@@]2(C)c2nc3cc(C)c(C)cc3[nH]2)c1. The third kappa shape index (κ3) is 3.14. The summed E-state index contributed by atoms with van der Waals surface area (Å²) < 4.78 is 5.40. The van der Waals surface area contributed by atoms with E-state index < -0.39 is 5.54 Å². The van der Waals surface area contributed by atoms with E-state index in [0.717, 1.165) is 29.7 Å². The van der Waals surface area contributed by atoms with Gasteiger partial charge in [0.2, 0.25) is 0 Å². The molecule has 4 aromatic rings. The quantitative estimate of drug-likeness (QED) is 0.530. The number of H-pyrrole nitrogens is 1. The predicted octanol–water partition coefficient (Wildman–Crippen LogP) is 3.92. The minimum absolute atomic E-state index is 0.0935. The molecule has 32 heavy (non-hydrogen) atoms. The molecule has 2 aromatic carbocycles. The van der Waals surface area contributed by atoms with Crippen molar-refractivity contribution in [1.29, 1.82) is 0 Å². The fourth-order valence-electron chi connectivity index (χ4n) is 4.53. The molecule has 0 radical (unpaired) electrons. The second-order valence-corrected chi connectivity index (χ2v) is 8.57. The minimum atomic E-state index is -0.546. The lowest BCUT2D eigenvalue weighted by atomic mass is 9.97. The number of ether oxygens (including phenoxy) is 1. The van der Waals surface area contributed by atoms with Crippen LogP contribution in [-0.4, -0.2) is 49.4 Å². The number of hydrogen-bond donors (Lipinski definition) is 1. The van der Waals surface area contributed by atoms with E-state index in [9.17, 15) is 4.79 Å². The molecule has 1 N–H and O–H groups in total. The van der Waals surface area contributed by atoms with Gasteiger partial charge in [-0.15, -0.1) is 0 Å². The Morgan fingerprint density at radius 1 is 1.12 bits per heavy atom. The number of nitrogens with zero attached hydrogens (tertiary/aromatic N) is 5. The molecule has 8 heteroatoms. The Kier molecular flexibility index (Phi) is 4.73. The summed E-state index contributed by atoms with van der Waals surface area (Å²) in [4.78, 5) is 25.7. The van der Waals surface area contributed by atoms with Gasteiger partial charge in [0.25, 0.3) is 5.91 Å². The summed E-state index contributed by atoms with van der Waals surface area (Å²) in [6.07, 6.45) is 4.92. The number of carbonyl (C=O) groups excluding carboxylic acids is 1. The van der Waals surface area contributed by atoms with E-state index >= 15 is 0 Å². The molecule has 8 nitrogen and oxygen atoms in total. The molecule has 1 fully saturated rings. The zero-order valence-electron chi connectivity index (χ0n) is 18.7. The highest BCUT2D eigenvalue weighted by molar-refractivity contribution is 5.99. The Morgan fingerprint density at radius 3 is 2.62 bits per heavy atom. The van der Waals surface area contributed by atoms with Gasteiger partial charge in [-0.05, 0) is 75.1 Å². The number of hydrogen-bond acceptors (Lipinski definition) is 5. The maximum atomic E-state index is 13.9. The highest BCUT2D eigenvalue weighted by Crippen LogP contribution is 2.39. The Hall–Kier alpha value is -3.68. The summed E-state index contributed by atoms with van der Waals surface area (Å²) >= 11 is 0. The van der Waals surface area contributed by atoms with Gasteiger partial charge < -0.3 is 14.6 Å². The number of rotatable bonds is 4. The molecule has 1 atom stereocenters. The van der Waals surface area contributed by atoms with Crippen molar-refractivity contribution in [3.63, 3.8) is 0 Å². The number of fused-ring (bicyclic) bond motifs is 1. The van der Waals surface area contributed by atoms with Gasteiger partial charge in [0.05, 0.1) is 47.3 Å². The molecule has 0 bridgehead atoms. The average molecular weight is 431 g/mol. The van der Waals surface area contributed by atoms with Crippen molar-refractivity contribution in [2.75, 3.05) is 13.7 Å². The van der Waals surface area contributed by atoms with Gasteiger partial charge in [-0.1, -0.05) is 0 Å². The normalized spacial score (nSPS) is 18.4. The largest absolute Gasteiger partial charge is 0.497 e. The third-order valence-corrected chi connectivity index (χ3v) is 6.56. The van der Waals surface area contributed by atoms with Gasteiger partial charge in [0.15, 0.2) is 0 Å². The Labute approximate surface area is 186 Å². The molecule has 1 aliphatic heterocycles. The van der Waals surface area contributed by atoms with Gasteiger partial charge >= 0.3 is 0 Å². The minimum Gasteiger partial charge on any atom is -0.497 e. The van der Waals surface area contributed by atoms with Crippen LogP contribution in [0.2, 0.25) is 0 Å². The molecule has 0 unspecified atom stereocenters. The Bertz CT molecular complexity index is 1270. The highest BCUT2D eigenvalue weighted by Gasteiger charge is 2.44. The van der Waals surface area contributed by atoms with Crippen LogP contribution in [0.3, 0.4) is 0 Å². The van der Waals surface area contributed by atoms with Gasteiger partial charge in [-0.3, -0.25) is 4.79 Å². The van der Waals surface area contributed by atoms with Crippen molar-refractivity contribution in [3.8, 4) is 11.4 Å². The monoisotopic (exact) mass is 430 g/mol. The van der Waals surface area contributed by atoms with E-state index in [1.807, 2.05) is 17.0 Å². The van der Waals surface area contributed by atoms with Crippen LogP contribution in [0.5, 0.6) is 5.75 Å². The van der Waals surface area contributed by atoms with E-state index in [1.54, 1.807) is 25.6 Å². The molecule has 3 heterocycles. The number of nitrogens with one attached hydrogen (secondary N) is 1. The Balaban J connectivity index is 1.58. The second-order valence-electron chi connectivity index (χ2n) is 8.57. The van der Waals surface area contributed by atoms with Crippen molar-refractivity contribution in [2.45, 2.75) is 39.2 Å². The number of likely N-dealkylation sites (tertiary alicyclic amines) is 1. The number of aromatic amines is 1. The van der Waals surface area contributed by atoms with Gasteiger partial charge in [-0.2, -0.15) is 15.0 Å². The zero-order valence-corrected chi connectivity index (χ0v) is 18.7. The Morgan fingerprint density at radius 2 is 1.88 bits per heavy atom. The number of aryl methyl sites for hydroxylation is 2. The van der Waals surface area contributed by atoms with E-state index in [-0.39, 0.29) is 5.91 Å². The standard InChI is InChI=1S/C24H26N6O2/c1-15-12-19-20(13-16(15)2)28-23(27-19)24(3)8-5-11-29(24)22(31)18-14-17(32-4)6-7-21(18)30-25-9-10-26-30/h6-7,9-10,12-14H,5,8,11H2,1-4H3,(H,27,28)/t24-/m0/s1. The lowest BCUT2D eigenvalue weighted by Gasteiger charge is -2.34. The third-order valence-electron chi connectivity index (χ3n) is 6.56. The molecule has 2 aromatic heterocycles. The highest BCUT2D eigenvalue weighted by atomic mass is 16.5. The first-order valence-corrected chi connectivity index (χ1v) is 10.7. The summed E-state index contributed by atoms with van der Waals surface area (Å²) in [5.74, 6) is 1.33. The van der Waals surface area contributed by atoms with Gasteiger partial charge in [0.1, 0.15) is 11.6 Å². The van der Waals surface area contributed by atoms with Crippen LogP contribution in [0.25, 0.3) is 16.7 Å². The van der Waals surface area contributed by atoms with Crippen molar-refractivity contribution in [3.05, 3.63) is 65.2 Å². The van der Waals surface area contributed by atoms with Crippen molar-refractivity contribution in [1.82, 2.24) is 29.9 Å². The fraction of sp³-hybridized carbons (Fsp3) is 0.333. The lowest BCUT2D eigenvalue weighted by Crippen LogP contribution is -2.44. The van der Waals surface area contributed by atoms with E-state index in [4.69, 9.17) is 9.72 Å². The number of amides is 1. The van der Waals surface area contributed by atoms with Gasteiger partial charge in [0, 0.05) is 6.54 Å². The van der Waals surface area contributed by atoms with E-state index in [0.29, 0.717) is 23.5 Å². The molecule has 5 rings (SSSR count). The van der Waals surface area contributed by atoms with Crippen LogP contribution in [0, 0.1) is 13.8 Å². The molecular formula is C24H26N6O2. The maximum absolute atomic E-state index is 13.9. The number of aromatic nitrogens is 5. The molecule has 1 amide bonds. The second kappa shape index (κ2) is 7.47. The summed E-state index contributed by atoms with van der Waals surface area (Å²) in [6.45, 7) is 6.91. The van der Waals surface area contributed by atoms with Crippen molar-refractivity contribution in [2.24, 2.45) is 0 Å². The van der Waals surface area contributed by atoms with Gasteiger partial charge in [-0.25, -0.2) is 4.98 Å². The summed E-state index contributed by atoms with van der Waals surface area (Å²) in [7, 11) is 1.59. The maximum Gasteiger partial charge on any atom is 0.257 e. The van der Waals surface area contributed by atoms with Crippen molar-refractivity contribution >= 4 is 16.9 Å². The summed E-state index contributed by atoms with van der Waals surface area (Å²) in [6, 6.07) is 9.59. The number of carbonyl (C=O) groups is 1.